The molecule has 0 aromatic heterocycles. The molecule has 0 bridgehead atoms. The number of ether oxygens (including phenoxy) is 1. The van der Waals surface area contributed by atoms with Crippen molar-refractivity contribution in [3.63, 3.8) is 0 Å². The lowest BCUT2D eigenvalue weighted by Crippen LogP contribution is -2.05. The molecule has 112 valence electrons. The Morgan fingerprint density at radius 3 is 2.75 bits per heavy atom. The van der Waals surface area contributed by atoms with Crippen LogP contribution in [0.15, 0.2) is 18.2 Å². The molecule has 0 spiro atoms. The average molecular weight is 339 g/mol. The second-order valence-corrected chi connectivity index (χ2v) is 7.13. The number of benzene rings is 1. The van der Waals surface area contributed by atoms with Crippen LogP contribution in [-0.4, -0.2) is 6.10 Å². The van der Waals surface area contributed by atoms with Gasteiger partial charge in [0.25, 0.3) is 0 Å². The van der Waals surface area contributed by atoms with Gasteiger partial charge in [-0.25, -0.2) is 0 Å². The molecule has 1 aromatic carbocycles. The van der Waals surface area contributed by atoms with E-state index in [1.807, 2.05) is 0 Å². The summed E-state index contributed by atoms with van der Waals surface area (Å²) in [6.07, 6.45) is 10.8. The summed E-state index contributed by atoms with van der Waals surface area (Å²) in [5.74, 6) is 1.08. The summed E-state index contributed by atoms with van der Waals surface area (Å²) >= 11 is 3.85. The van der Waals surface area contributed by atoms with Crippen LogP contribution in [0.25, 0.3) is 0 Å². The third-order valence-corrected chi connectivity index (χ3v) is 5.08. The van der Waals surface area contributed by atoms with E-state index in [9.17, 15) is 0 Å². The molecule has 2 heteroatoms. The molecule has 2 rings (SSSR count). The van der Waals surface area contributed by atoms with Gasteiger partial charge in [-0.1, -0.05) is 73.5 Å². The molecule has 1 heterocycles. The number of hydrogen-bond donors (Lipinski definition) is 0. The van der Waals surface area contributed by atoms with Crippen molar-refractivity contribution in [1.29, 1.82) is 0 Å². The maximum Gasteiger partial charge on any atom is 0.123 e. The highest BCUT2D eigenvalue weighted by atomic mass is 79.9. The Kier molecular flexibility index (Phi) is 6.41. The maximum atomic E-state index is 5.76. The first kappa shape index (κ1) is 15.9. The average Bonchev–Trinajstić information content (AvgIpc) is 2.81. The van der Waals surface area contributed by atoms with E-state index in [1.54, 1.807) is 0 Å². The van der Waals surface area contributed by atoms with Gasteiger partial charge >= 0.3 is 0 Å². The SMILES string of the molecule is CCCCCCCCC(Br)c1ccc2c(c1)CC(C)O2. The molecule has 1 aromatic rings. The standard InChI is InChI=1S/C18H27BrO/c1-3-4-5-6-7-8-9-17(19)15-10-11-18-16(13-15)12-14(2)20-18/h10-11,13-14,17H,3-9,12H2,1-2H3. The van der Waals surface area contributed by atoms with Crippen LogP contribution in [0.1, 0.15) is 74.7 Å². The summed E-state index contributed by atoms with van der Waals surface area (Å²) in [6.45, 7) is 4.41. The highest BCUT2D eigenvalue weighted by Gasteiger charge is 2.20. The number of halogens is 1. The van der Waals surface area contributed by atoms with E-state index < -0.39 is 0 Å². The third-order valence-electron chi connectivity index (χ3n) is 4.09. The fourth-order valence-electron chi connectivity index (χ4n) is 2.91. The Labute approximate surface area is 132 Å². The molecular weight excluding hydrogens is 312 g/mol. The van der Waals surface area contributed by atoms with Crippen molar-refractivity contribution < 1.29 is 4.74 Å². The van der Waals surface area contributed by atoms with Crippen LogP contribution < -0.4 is 4.74 Å². The number of hydrogen-bond acceptors (Lipinski definition) is 1. The van der Waals surface area contributed by atoms with Crippen LogP contribution in [0.3, 0.4) is 0 Å². The number of rotatable bonds is 8. The first-order valence-electron chi connectivity index (χ1n) is 8.14. The van der Waals surface area contributed by atoms with Crippen molar-refractivity contribution in [3.8, 4) is 5.75 Å². The van der Waals surface area contributed by atoms with Crippen LogP contribution in [0.4, 0.5) is 0 Å². The van der Waals surface area contributed by atoms with Crippen LogP contribution >= 0.6 is 15.9 Å². The van der Waals surface area contributed by atoms with Crippen molar-refractivity contribution in [2.45, 2.75) is 76.1 Å². The predicted molar refractivity (Wildman–Crippen MR) is 89.9 cm³/mol. The third kappa shape index (κ3) is 4.51. The van der Waals surface area contributed by atoms with Crippen LogP contribution in [0, 0.1) is 0 Å². The van der Waals surface area contributed by atoms with E-state index in [0.29, 0.717) is 10.9 Å². The first-order chi connectivity index (χ1) is 9.70. The minimum atomic E-state index is 0.340. The Morgan fingerprint density at radius 1 is 1.20 bits per heavy atom. The summed E-state index contributed by atoms with van der Waals surface area (Å²) in [7, 11) is 0. The van der Waals surface area contributed by atoms with Gasteiger partial charge in [0.2, 0.25) is 0 Å². The molecule has 20 heavy (non-hydrogen) atoms. The van der Waals surface area contributed by atoms with Gasteiger partial charge in [0, 0.05) is 11.2 Å². The number of unbranched alkanes of at least 4 members (excludes halogenated alkanes) is 5. The molecule has 1 aliphatic rings. The Hall–Kier alpha value is -0.500. The lowest BCUT2D eigenvalue weighted by molar-refractivity contribution is 0.254. The maximum absolute atomic E-state index is 5.76. The van der Waals surface area contributed by atoms with Gasteiger partial charge in [-0.3, -0.25) is 0 Å². The molecule has 0 N–H and O–H groups in total. The second kappa shape index (κ2) is 8.07. The van der Waals surface area contributed by atoms with Crippen LogP contribution in [0.5, 0.6) is 5.75 Å². The van der Waals surface area contributed by atoms with Gasteiger partial charge in [0.05, 0.1) is 0 Å². The van der Waals surface area contributed by atoms with E-state index in [-0.39, 0.29) is 0 Å². The fourth-order valence-corrected chi connectivity index (χ4v) is 3.52. The Bertz CT molecular complexity index is 416. The zero-order valence-electron chi connectivity index (χ0n) is 12.8. The smallest absolute Gasteiger partial charge is 0.123 e. The topological polar surface area (TPSA) is 9.23 Å². The molecule has 2 atom stereocenters. The monoisotopic (exact) mass is 338 g/mol. The van der Waals surface area contributed by atoms with Gasteiger partial charge in [0.15, 0.2) is 0 Å². The first-order valence-corrected chi connectivity index (χ1v) is 9.05. The normalized spacial score (nSPS) is 18.6. The van der Waals surface area contributed by atoms with Crippen molar-refractivity contribution in [2.24, 2.45) is 0 Å². The summed E-state index contributed by atoms with van der Waals surface area (Å²) in [5, 5.41) is 0. The lowest BCUT2D eigenvalue weighted by Gasteiger charge is -2.11. The van der Waals surface area contributed by atoms with E-state index in [1.165, 1.54) is 56.1 Å². The molecule has 2 unspecified atom stereocenters. The molecule has 0 amide bonds. The van der Waals surface area contributed by atoms with Crippen molar-refractivity contribution in [3.05, 3.63) is 29.3 Å². The molecule has 1 nitrogen and oxygen atoms in total. The van der Waals surface area contributed by atoms with E-state index in [2.05, 4.69) is 48.0 Å². The van der Waals surface area contributed by atoms with E-state index >= 15 is 0 Å². The Balaban J connectivity index is 1.76. The second-order valence-electron chi connectivity index (χ2n) is 6.02. The van der Waals surface area contributed by atoms with Gasteiger partial charge in [0.1, 0.15) is 11.9 Å². The highest BCUT2D eigenvalue weighted by Crippen LogP contribution is 2.35. The number of fused-ring (bicyclic) bond motifs is 1. The zero-order valence-corrected chi connectivity index (χ0v) is 14.4. The summed E-state index contributed by atoms with van der Waals surface area (Å²) in [4.78, 5) is 0.495. The van der Waals surface area contributed by atoms with Gasteiger partial charge < -0.3 is 4.74 Å². The molecular formula is C18H27BrO. The molecule has 1 aliphatic heterocycles. The van der Waals surface area contributed by atoms with Crippen LogP contribution in [0.2, 0.25) is 0 Å². The largest absolute Gasteiger partial charge is 0.490 e. The van der Waals surface area contributed by atoms with Gasteiger partial charge in [-0.2, -0.15) is 0 Å². The summed E-state index contributed by atoms with van der Waals surface area (Å²) in [5.41, 5.74) is 2.79. The highest BCUT2D eigenvalue weighted by molar-refractivity contribution is 9.09. The van der Waals surface area contributed by atoms with Crippen molar-refractivity contribution in [1.82, 2.24) is 0 Å². The van der Waals surface area contributed by atoms with Crippen molar-refractivity contribution >= 4 is 15.9 Å². The van der Waals surface area contributed by atoms with Crippen LogP contribution in [-0.2, 0) is 6.42 Å². The molecule has 0 saturated carbocycles. The molecule has 0 fully saturated rings. The van der Waals surface area contributed by atoms with Crippen molar-refractivity contribution in [2.75, 3.05) is 0 Å². The molecule has 0 saturated heterocycles. The zero-order chi connectivity index (χ0) is 14.4. The Morgan fingerprint density at radius 2 is 1.95 bits per heavy atom. The minimum Gasteiger partial charge on any atom is -0.490 e. The molecule has 0 radical (unpaired) electrons. The van der Waals surface area contributed by atoms with E-state index in [4.69, 9.17) is 4.74 Å². The van der Waals surface area contributed by atoms with E-state index in [0.717, 1.165) is 12.2 Å². The number of alkyl halides is 1. The predicted octanol–water partition coefficient (Wildman–Crippen LogP) is 6.20. The quantitative estimate of drug-likeness (QED) is 0.405. The van der Waals surface area contributed by atoms with Gasteiger partial charge in [-0.15, -0.1) is 0 Å². The molecule has 0 aliphatic carbocycles. The minimum absolute atomic E-state index is 0.340. The summed E-state index contributed by atoms with van der Waals surface area (Å²) in [6, 6.07) is 6.69. The fraction of sp³-hybridized carbons (Fsp3) is 0.667. The summed E-state index contributed by atoms with van der Waals surface area (Å²) < 4.78 is 5.76. The lowest BCUT2D eigenvalue weighted by atomic mass is 10.0. The van der Waals surface area contributed by atoms with Gasteiger partial charge in [-0.05, 0) is 30.5 Å².